The lowest BCUT2D eigenvalue weighted by atomic mass is 9.89. The molecule has 11 heteroatoms. The van der Waals surface area contributed by atoms with E-state index in [0.29, 0.717) is 40.4 Å². The van der Waals surface area contributed by atoms with Crippen LogP contribution in [0.15, 0.2) is 67.0 Å². The molecule has 1 aliphatic heterocycles. The van der Waals surface area contributed by atoms with E-state index in [1.807, 2.05) is 12.1 Å². The smallest absolute Gasteiger partial charge is 0.416 e. The fraction of sp³-hybridized carbons (Fsp3) is 0.300. The molecule has 4 aromatic rings. The average molecular weight is 567 g/mol. The molecule has 5 rings (SSSR count). The molecule has 0 radical (unpaired) electrons. The molecule has 1 aliphatic rings. The quantitative estimate of drug-likeness (QED) is 0.298. The van der Waals surface area contributed by atoms with Crippen molar-refractivity contribution in [3.63, 3.8) is 0 Å². The Labute approximate surface area is 234 Å². The molecule has 0 saturated carbocycles. The van der Waals surface area contributed by atoms with Crippen LogP contribution in [0, 0.1) is 0 Å². The summed E-state index contributed by atoms with van der Waals surface area (Å²) < 4.78 is 55.9. The second-order valence-corrected chi connectivity index (χ2v) is 9.81. The second-order valence-electron chi connectivity index (χ2n) is 9.81. The summed E-state index contributed by atoms with van der Waals surface area (Å²) >= 11 is 0. The van der Waals surface area contributed by atoms with E-state index >= 15 is 0 Å². The Bertz CT molecular complexity index is 1520. The Hall–Kier alpha value is -4.22. The number of methoxy groups -OCH3 is 2. The maximum atomic E-state index is 13.0. The number of halogens is 3. The minimum absolute atomic E-state index is 0.0370. The van der Waals surface area contributed by atoms with E-state index in [-0.39, 0.29) is 6.10 Å². The standard InChI is InChI=1S/C30H29F3N4O4/c1-39-12-11-37-15-22(16-37)41-26-14-24-23(13-25(26)40-2)28(36-17-35-24)20-5-3-18(4-6-20)27(29(34)38)19-7-9-21(10-8-19)30(31,32)33/h3-10,13-14,17,22,27H,11-12,15-16H2,1-2H3,(H2,34,38). The highest BCUT2D eigenvalue weighted by molar-refractivity contribution is 5.94. The van der Waals surface area contributed by atoms with Crippen molar-refractivity contribution in [2.24, 2.45) is 5.73 Å². The van der Waals surface area contributed by atoms with Crippen LogP contribution in [0.5, 0.6) is 11.5 Å². The van der Waals surface area contributed by atoms with Crippen molar-refractivity contribution >= 4 is 16.8 Å². The van der Waals surface area contributed by atoms with Crippen LogP contribution in [0.3, 0.4) is 0 Å². The minimum Gasteiger partial charge on any atom is -0.493 e. The summed E-state index contributed by atoms with van der Waals surface area (Å²) in [6, 6.07) is 15.1. The minimum atomic E-state index is -4.47. The van der Waals surface area contributed by atoms with Crippen molar-refractivity contribution in [2.45, 2.75) is 18.2 Å². The third kappa shape index (κ3) is 6.10. The van der Waals surface area contributed by atoms with Gasteiger partial charge in [-0.25, -0.2) is 9.97 Å². The number of carbonyl (C=O) groups excluding carboxylic acids is 1. The lowest BCUT2D eigenvalue weighted by Crippen LogP contribution is -2.54. The number of alkyl halides is 3. The zero-order valence-corrected chi connectivity index (χ0v) is 22.5. The van der Waals surface area contributed by atoms with Crippen LogP contribution in [0.2, 0.25) is 0 Å². The Morgan fingerprint density at radius 2 is 1.66 bits per heavy atom. The Morgan fingerprint density at radius 1 is 1.00 bits per heavy atom. The highest BCUT2D eigenvalue weighted by Crippen LogP contribution is 2.37. The fourth-order valence-electron chi connectivity index (χ4n) is 4.94. The topological polar surface area (TPSA) is 99.8 Å². The summed E-state index contributed by atoms with van der Waals surface area (Å²) in [5, 5.41) is 0.744. The molecule has 1 aromatic heterocycles. The van der Waals surface area contributed by atoms with Gasteiger partial charge in [-0.05, 0) is 29.3 Å². The van der Waals surface area contributed by atoms with Gasteiger partial charge in [0.25, 0.3) is 0 Å². The lowest BCUT2D eigenvalue weighted by Gasteiger charge is -2.38. The van der Waals surface area contributed by atoms with E-state index in [2.05, 4.69) is 14.9 Å². The molecule has 0 bridgehead atoms. The normalized spacial score (nSPS) is 15.0. The zero-order valence-electron chi connectivity index (χ0n) is 22.5. The molecule has 0 spiro atoms. The van der Waals surface area contributed by atoms with Crippen LogP contribution in [-0.4, -0.2) is 67.3 Å². The summed E-state index contributed by atoms with van der Waals surface area (Å²) in [4.78, 5) is 23.5. The molecule has 1 fully saturated rings. The molecule has 1 atom stereocenters. The molecule has 2 heterocycles. The summed E-state index contributed by atoms with van der Waals surface area (Å²) in [7, 11) is 3.25. The molecule has 8 nitrogen and oxygen atoms in total. The van der Waals surface area contributed by atoms with Crippen molar-refractivity contribution in [1.82, 2.24) is 14.9 Å². The van der Waals surface area contributed by atoms with Gasteiger partial charge in [0, 0.05) is 43.8 Å². The fourth-order valence-corrected chi connectivity index (χ4v) is 4.94. The number of primary amides is 1. The van der Waals surface area contributed by atoms with Crippen molar-refractivity contribution in [3.8, 4) is 22.8 Å². The molecule has 0 aliphatic carbocycles. The van der Waals surface area contributed by atoms with E-state index in [4.69, 9.17) is 19.9 Å². The van der Waals surface area contributed by atoms with Gasteiger partial charge in [0.2, 0.25) is 5.91 Å². The molecule has 1 amide bonds. The molecular formula is C30H29F3N4O4. The van der Waals surface area contributed by atoms with Gasteiger partial charge >= 0.3 is 6.18 Å². The number of hydrogen-bond donors (Lipinski definition) is 1. The van der Waals surface area contributed by atoms with Crippen LogP contribution in [-0.2, 0) is 15.7 Å². The number of hydrogen-bond acceptors (Lipinski definition) is 7. The number of ether oxygens (including phenoxy) is 3. The van der Waals surface area contributed by atoms with E-state index in [9.17, 15) is 18.0 Å². The van der Waals surface area contributed by atoms with Crippen LogP contribution in [0.4, 0.5) is 13.2 Å². The molecular weight excluding hydrogens is 537 g/mol. The van der Waals surface area contributed by atoms with Gasteiger partial charge < -0.3 is 19.9 Å². The number of amides is 1. The van der Waals surface area contributed by atoms with Crippen LogP contribution >= 0.6 is 0 Å². The van der Waals surface area contributed by atoms with Gasteiger partial charge in [0.1, 0.15) is 12.4 Å². The van der Waals surface area contributed by atoms with Crippen molar-refractivity contribution in [1.29, 1.82) is 0 Å². The van der Waals surface area contributed by atoms with E-state index < -0.39 is 23.6 Å². The summed E-state index contributed by atoms with van der Waals surface area (Å²) in [6.45, 7) is 3.12. The molecule has 1 saturated heterocycles. The van der Waals surface area contributed by atoms with Gasteiger partial charge in [-0.15, -0.1) is 0 Å². The predicted molar refractivity (Wildman–Crippen MR) is 147 cm³/mol. The zero-order chi connectivity index (χ0) is 29.1. The van der Waals surface area contributed by atoms with Crippen LogP contribution < -0.4 is 15.2 Å². The van der Waals surface area contributed by atoms with E-state index in [0.717, 1.165) is 42.7 Å². The number of fused-ring (bicyclic) bond motifs is 1. The molecule has 41 heavy (non-hydrogen) atoms. The van der Waals surface area contributed by atoms with Gasteiger partial charge in [-0.3, -0.25) is 9.69 Å². The third-order valence-corrected chi connectivity index (χ3v) is 7.12. The van der Waals surface area contributed by atoms with Gasteiger partial charge in [0.15, 0.2) is 11.5 Å². The molecule has 1 unspecified atom stereocenters. The SMILES string of the molecule is COCCN1CC(Oc2cc3ncnc(-c4ccc(C(C(N)=O)c5ccc(C(F)(F)F)cc5)cc4)c3cc2OC)C1. The first-order valence-corrected chi connectivity index (χ1v) is 13.0. The Kier molecular flexibility index (Phi) is 8.09. The Balaban J connectivity index is 1.40. The van der Waals surface area contributed by atoms with Crippen LogP contribution in [0.1, 0.15) is 22.6 Å². The number of benzene rings is 3. The van der Waals surface area contributed by atoms with Crippen molar-refractivity contribution in [3.05, 3.63) is 83.7 Å². The highest BCUT2D eigenvalue weighted by atomic mass is 19.4. The average Bonchev–Trinajstić information content (AvgIpc) is 2.93. The first kappa shape index (κ1) is 28.3. The maximum Gasteiger partial charge on any atom is 0.416 e. The highest BCUT2D eigenvalue weighted by Gasteiger charge is 2.31. The molecule has 214 valence electrons. The number of carbonyl (C=O) groups is 1. The largest absolute Gasteiger partial charge is 0.493 e. The van der Waals surface area contributed by atoms with E-state index in [1.165, 1.54) is 18.5 Å². The molecule has 2 N–H and O–H groups in total. The third-order valence-electron chi connectivity index (χ3n) is 7.12. The van der Waals surface area contributed by atoms with Gasteiger partial charge in [-0.1, -0.05) is 36.4 Å². The summed E-state index contributed by atoms with van der Waals surface area (Å²) in [6.07, 6.45) is -2.97. The predicted octanol–water partition coefficient (Wildman–Crippen LogP) is 4.65. The number of nitrogens with zero attached hydrogens (tertiary/aromatic N) is 3. The summed E-state index contributed by atoms with van der Waals surface area (Å²) in [5.41, 5.74) is 7.85. The second kappa shape index (κ2) is 11.7. The number of rotatable bonds is 10. The number of nitrogens with two attached hydrogens (primary N) is 1. The van der Waals surface area contributed by atoms with Crippen molar-refractivity contribution < 1.29 is 32.2 Å². The first-order chi connectivity index (χ1) is 19.7. The Morgan fingerprint density at radius 3 is 2.24 bits per heavy atom. The lowest BCUT2D eigenvalue weighted by molar-refractivity contribution is -0.137. The summed E-state index contributed by atoms with van der Waals surface area (Å²) in [5.74, 6) is -0.436. The first-order valence-electron chi connectivity index (χ1n) is 13.0. The monoisotopic (exact) mass is 566 g/mol. The number of aromatic nitrogens is 2. The van der Waals surface area contributed by atoms with Crippen molar-refractivity contribution in [2.75, 3.05) is 40.5 Å². The maximum absolute atomic E-state index is 13.0. The number of likely N-dealkylation sites (tertiary alicyclic amines) is 1. The van der Waals surface area contributed by atoms with E-state index in [1.54, 1.807) is 38.5 Å². The molecule has 3 aromatic carbocycles. The van der Waals surface area contributed by atoms with Crippen LogP contribution in [0.25, 0.3) is 22.2 Å². The van der Waals surface area contributed by atoms with Gasteiger partial charge in [-0.2, -0.15) is 13.2 Å². The van der Waals surface area contributed by atoms with Gasteiger partial charge in [0.05, 0.1) is 36.4 Å².